The Morgan fingerprint density at radius 2 is 1.84 bits per heavy atom. The third-order valence-corrected chi connectivity index (χ3v) is 2.71. The molecule has 2 rings (SSSR count). The van der Waals surface area contributed by atoms with Crippen molar-refractivity contribution in [2.45, 2.75) is 6.61 Å². The van der Waals surface area contributed by atoms with E-state index in [1.54, 1.807) is 32.0 Å². The van der Waals surface area contributed by atoms with Gasteiger partial charge >= 0.3 is 0 Å². The van der Waals surface area contributed by atoms with Crippen molar-refractivity contribution in [1.82, 2.24) is 9.78 Å². The van der Waals surface area contributed by atoms with Crippen LogP contribution in [0, 0.1) is 0 Å². The van der Waals surface area contributed by atoms with Crippen LogP contribution in [0.3, 0.4) is 0 Å². The molecular weight excluding hydrogens is 246 g/mol. The van der Waals surface area contributed by atoms with Gasteiger partial charge in [-0.15, -0.1) is 0 Å². The highest BCUT2D eigenvalue weighted by atomic mass is 16.5. The predicted molar refractivity (Wildman–Crippen MR) is 71.5 cm³/mol. The van der Waals surface area contributed by atoms with E-state index in [1.165, 1.54) is 0 Å². The summed E-state index contributed by atoms with van der Waals surface area (Å²) in [5.41, 5.74) is 6.46. The number of nitrogens with zero attached hydrogens (tertiary/aromatic N) is 2. The number of nitrogens with two attached hydrogens (primary N) is 1. The largest absolute Gasteiger partial charge is 0.493 e. The van der Waals surface area contributed by atoms with E-state index in [9.17, 15) is 0 Å². The molecule has 0 spiro atoms. The lowest BCUT2D eigenvalue weighted by Gasteiger charge is -2.13. The third kappa shape index (κ3) is 2.73. The number of nitrogen functional groups attached to an aromatic ring is 1. The molecule has 0 radical (unpaired) electrons. The van der Waals surface area contributed by atoms with Gasteiger partial charge in [0, 0.05) is 13.1 Å². The molecule has 6 heteroatoms. The first-order chi connectivity index (χ1) is 9.15. The van der Waals surface area contributed by atoms with Crippen molar-refractivity contribution in [3.63, 3.8) is 0 Å². The van der Waals surface area contributed by atoms with Crippen LogP contribution in [0.1, 0.15) is 5.69 Å². The molecule has 0 saturated heterocycles. The molecule has 1 heterocycles. The molecule has 102 valence electrons. The summed E-state index contributed by atoms with van der Waals surface area (Å²) in [5.74, 6) is 2.37. The summed E-state index contributed by atoms with van der Waals surface area (Å²) in [5, 5.41) is 4.22. The number of para-hydroxylation sites is 1. The average molecular weight is 263 g/mol. The molecule has 6 nitrogen and oxygen atoms in total. The number of methoxy groups -OCH3 is 2. The fraction of sp³-hybridized carbons (Fsp3) is 0.308. The van der Waals surface area contributed by atoms with Crippen LogP contribution in [-0.2, 0) is 13.7 Å². The third-order valence-electron chi connectivity index (χ3n) is 2.71. The maximum Gasteiger partial charge on any atom is 0.203 e. The maximum atomic E-state index is 5.72. The molecule has 19 heavy (non-hydrogen) atoms. The molecule has 0 fully saturated rings. The number of hydrogen-bond acceptors (Lipinski definition) is 5. The van der Waals surface area contributed by atoms with Crippen LogP contribution in [0.25, 0.3) is 0 Å². The summed E-state index contributed by atoms with van der Waals surface area (Å²) >= 11 is 0. The molecule has 2 aromatic rings. The Bertz CT molecular complexity index is 525. The van der Waals surface area contributed by atoms with E-state index in [0.717, 1.165) is 5.69 Å². The van der Waals surface area contributed by atoms with Gasteiger partial charge in [-0.2, -0.15) is 5.10 Å². The molecule has 0 aliphatic rings. The van der Waals surface area contributed by atoms with Crippen LogP contribution in [0.15, 0.2) is 24.3 Å². The van der Waals surface area contributed by atoms with Gasteiger partial charge in [-0.25, -0.2) is 0 Å². The van der Waals surface area contributed by atoms with E-state index in [-0.39, 0.29) is 0 Å². The molecule has 1 aromatic carbocycles. The van der Waals surface area contributed by atoms with Gasteiger partial charge in [-0.1, -0.05) is 6.07 Å². The highest BCUT2D eigenvalue weighted by Crippen LogP contribution is 2.37. The second kappa shape index (κ2) is 5.51. The van der Waals surface area contributed by atoms with Crippen molar-refractivity contribution in [1.29, 1.82) is 0 Å². The highest BCUT2D eigenvalue weighted by molar-refractivity contribution is 5.51. The van der Waals surface area contributed by atoms with Crippen molar-refractivity contribution in [3.8, 4) is 17.2 Å². The normalized spacial score (nSPS) is 10.3. The second-order valence-corrected chi connectivity index (χ2v) is 3.96. The molecule has 0 aliphatic heterocycles. The number of benzene rings is 1. The highest BCUT2D eigenvalue weighted by Gasteiger charge is 2.12. The van der Waals surface area contributed by atoms with Crippen molar-refractivity contribution < 1.29 is 14.2 Å². The number of aromatic nitrogens is 2. The Kier molecular flexibility index (Phi) is 3.79. The van der Waals surface area contributed by atoms with Gasteiger partial charge in [-0.05, 0) is 12.1 Å². The lowest BCUT2D eigenvalue weighted by Crippen LogP contribution is -2.01. The molecule has 0 amide bonds. The van der Waals surface area contributed by atoms with E-state index in [4.69, 9.17) is 19.9 Å². The zero-order valence-corrected chi connectivity index (χ0v) is 11.2. The van der Waals surface area contributed by atoms with Crippen molar-refractivity contribution in [3.05, 3.63) is 30.0 Å². The fourth-order valence-electron chi connectivity index (χ4n) is 1.72. The summed E-state index contributed by atoms with van der Waals surface area (Å²) in [4.78, 5) is 0. The topological polar surface area (TPSA) is 71.5 Å². The molecule has 0 bridgehead atoms. The quantitative estimate of drug-likeness (QED) is 0.887. The number of anilines is 1. The first-order valence-electron chi connectivity index (χ1n) is 5.78. The molecule has 0 saturated carbocycles. The van der Waals surface area contributed by atoms with E-state index < -0.39 is 0 Å². The van der Waals surface area contributed by atoms with Crippen LogP contribution >= 0.6 is 0 Å². The minimum Gasteiger partial charge on any atom is -0.493 e. The molecule has 0 unspecified atom stereocenters. The van der Waals surface area contributed by atoms with E-state index >= 15 is 0 Å². The lowest BCUT2D eigenvalue weighted by atomic mass is 10.3. The summed E-state index contributed by atoms with van der Waals surface area (Å²) < 4.78 is 17.8. The minimum absolute atomic E-state index is 0.293. The minimum atomic E-state index is 0.293. The van der Waals surface area contributed by atoms with Crippen molar-refractivity contribution in [2.24, 2.45) is 7.05 Å². The standard InChI is InChI=1S/C13H17N3O3/c1-16-12(14)7-9(15-16)8-19-13-10(17-2)5-4-6-11(13)18-3/h4-7H,8,14H2,1-3H3. The Labute approximate surface area is 111 Å². The zero-order valence-electron chi connectivity index (χ0n) is 11.2. The van der Waals surface area contributed by atoms with Crippen molar-refractivity contribution in [2.75, 3.05) is 20.0 Å². The number of rotatable bonds is 5. The Balaban J connectivity index is 2.18. The summed E-state index contributed by atoms with van der Waals surface area (Å²) in [6.07, 6.45) is 0. The van der Waals surface area contributed by atoms with Crippen LogP contribution < -0.4 is 19.9 Å². The fourth-order valence-corrected chi connectivity index (χ4v) is 1.72. The second-order valence-electron chi connectivity index (χ2n) is 3.96. The van der Waals surface area contributed by atoms with Crippen LogP contribution in [0.5, 0.6) is 17.2 Å². The first-order valence-corrected chi connectivity index (χ1v) is 5.78. The van der Waals surface area contributed by atoms with Gasteiger partial charge in [0.05, 0.1) is 14.2 Å². The van der Waals surface area contributed by atoms with Gasteiger partial charge in [0.1, 0.15) is 18.1 Å². The Morgan fingerprint density at radius 3 is 2.32 bits per heavy atom. The monoisotopic (exact) mass is 263 g/mol. The van der Waals surface area contributed by atoms with Crippen molar-refractivity contribution >= 4 is 5.82 Å². The maximum absolute atomic E-state index is 5.72. The van der Waals surface area contributed by atoms with Gasteiger partial charge in [0.25, 0.3) is 0 Å². The lowest BCUT2D eigenvalue weighted by molar-refractivity contribution is 0.262. The van der Waals surface area contributed by atoms with Gasteiger partial charge in [0.15, 0.2) is 11.5 Å². The Morgan fingerprint density at radius 1 is 1.21 bits per heavy atom. The molecular formula is C13H17N3O3. The smallest absolute Gasteiger partial charge is 0.203 e. The first kappa shape index (κ1) is 13.1. The number of ether oxygens (including phenoxy) is 3. The van der Waals surface area contributed by atoms with E-state index in [2.05, 4.69) is 5.10 Å². The predicted octanol–water partition coefficient (Wildman–Crippen LogP) is 1.60. The average Bonchev–Trinajstić information content (AvgIpc) is 2.75. The van der Waals surface area contributed by atoms with Gasteiger partial charge < -0.3 is 19.9 Å². The van der Waals surface area contributed by atoms with Crippen LogP contribution in [-0.4, -0.2) is 24.0 Å². The molecule has 2 N–H and O–H groups in total. The molecule has 0 aliphatic carbocycles. The van der Waals surface area contributed by atoms with Crippen LogP contribution in [0.2, 0.25) is 0 Å². The van der Waals surface area contributed by atoms with Gasteiger partial charge in [0.2, 0.25) is 5.75 Å². The summed E-state index contributed by atoms with van der Waals surface area (Å²) in [6.45, 7) is 0.293. The number of aryl methyl sites for hydroxylation is 1. The zero-order chi connectivity index (χ0) is 13.8. The van der Waals surface area contributed by atoms with E-state index in [0.29, 0.717) is 29.7 Å². The SMILES string of the molecule is COc1cccc(OC)c1OCc1cc(N)n(C)n1. The Hall–Kier alpha value is -2.37. The number of hydrogen-bond donors (Lipinski definition) is 1. The molecule has 0 atom stereocenters. The summed E-state index contributed by atoms with van der Waals surface area (Å²) in [7, 11) is 4.95. The summed E-state index contributed by atoms with van der Waals surface area (Å²) in [6, 6.07) is 7.22. The van der Waals surface area contributed by atoms with E-state index in [1.807, 2.05) is 18.2 Å². The van der Waals surface area contributed by atoms with Crippen LogP contribution in [0.4, 0.5) is 5.82 Å². The molecule has 1 aromatic heterocycles. The van der Waals surface area contributed by atoms with Gasteiger partial charge in [-0.3, -0.25) is 4.68 Å².